The van der Waals surface area contributed by atoms with Crippen LogP contribution in [0.2, 0.25) is 0 Å². The highest BCUT2D eigenvalue weighted by molar-refractivity contribution is 6.00. The smallest absolute Gasteiger partial charge is 0.255 e. The number of hydrogen-bond acceptors (Lipinski definition) is 9. The highest BCUT2D eigenvalue weighted by atomic mass is 16.7. The first-order chi connectivity index (χ1) is 17.8. The van der Waals surface area contributed by atoms with Crippen LogP contribution in [0.5, 0.6) is 0 Å². The number of aromatic nitrogens is 3. The Morgan fingerprint density at radius 3 is 2.59 bits per heavy atom. The van der Waals surface area contributed by atoms with Gasteiger partial charge < -0.3 is 10.6 Å². The van der Waals surface area contributed by atoms with Crippen LogP contribution in [0.1, 0.15) is 62.4 Å². The lowest BCUT2D eigenvalue weighted by atomic mass is 9.91. The van der Waals surface area contributed by atoms with Gasteiger partial charge in [0.2, 0.25) is 0 Å². The van der Waals surface area contributed by atoms with Gasteiger partial charge in [-0.2, -0.15) is 15.6 Å². The molecule has 3 aromatic heterocycles. The third kappa shape index (κ3) is 6.60. The lowest BCUT2D eigenvalue weighted by Crippen LogP contribution is -2.47. The third-order valence-electron chi connectivity index (χ3n) is 6.08. The van der Waals surface area contributed by atoms with Gasteiger partial charge in [0.25, 0.3) is 5.91 Å². The van der Waals surface area contributed by atoms with E-state index >= 15 is 0 Å². The van der Waals surface area contributed by atoms with Crippen molar-refractivity contribution < 1.29 is 9.63 Å². The van der Waals surface area contributed by atoms with Crippen molar-refractivity contribution >= 4 is 17.1 Å². The largest absolute Gasteiger partial charge is 0.382 e. The van der Waals surface area contributed by atoms with Gasteiger partial charge in [-0.25, -0.2) is 9.94 Å². The monoisotopic (exact) mass is 501 g/mol. The van der Waals surface area contributed by atoms with Crippen LogP contribution >= 0.6 is 0 Å². The Kier molecular flexibility index (Phi) is 7.99. The summed E-state index contributed by atoms with van der Waals surface area (Å²) in [6.07, 6.45) is 6.69. The second-order valence-electron chi connectivity index (χ2n) is 10.0. The van der Waals surface area contributed by atoms with Gasteiger partial charge in [-0.3, -0.25) is 14.6 Å². The predicted octanol–water partition coefficient (Wildman–Crippen LogP) is 3.07. The zero-order valence-electron chi connectivity index (χ0n) is 21.2. The molecule has 0 aliphatic heterocycles. The number of amides is 1. The maximum Gasteiger partial charge on any atom is 0.255 e. The number of carbonyl (C=O) groups is 1. The molecular formula is C26H31N9O2. The topological polar surface area (TPSA) is 152 Å². The number of nitriles is 2. The number of hydrazine groups is 1. The summed E-state index contributed by atoms with van der Waals surface area (Å²) in [5.74, 6) is -0.362. The summed E-state index contributed by atoms with van der Waals surface area (Å²) in [7, 11) is 0. The minimum absolute atomic E-state index is 0.0884. The van der Waals surface area contributed by atoms with Gasteiger partial charge in [-0.1, -0.05) is 0 Å². The summed E-state index contributed by atoms with van der Waals surface area (Å²) >= 11 is 0. The van der Waals surface area contributed by atoms with E-state index in [-0.39, 0.29) is 30.1 Å². The van der Waals surface area contributed by atoms with E-state index in [2.05, 4.69) is 37.8 Å². The lowest BCUT2D eigenvalue weighted by Gasteiger charge is -2.31. The Hall–Kier alpha value is -4.03. The molecule has 1 saturated carbocycles. The molecular weight excluding hydrogens is 470 g/mol. The van der Waals surface area contributed by atoms with E-state index in [1.165, 1.54) is 12.4 Å². The molecule has 192 valence electrons. The van der Waals surface area contributed by atoms with E-state index in [9.17, 15) is 4.79 Å². The van der Waals surface area contributed by atoms with Gasteiger partial charge in [-0.05, 0) is 70.7 Å². The van der Waals surface area contributed by atoms with Crippen LogP contribution in [0.25, 0.3) is 16.9 Å². The number of anilines is 1. The van der Waals surface area contributed by atoms with E-state index in [1.807, 2.05) is 45.0 Å². The molecule has 4 rings (SSSR count). The third-order valence-corrected chi connectivity index (χ3v) is 6.08. The number of pyridine rings is 1. The molecule has 0 bridgehead atoms. The van der Waals surface area contributed by atoms with E-state index in [1.54, 1.807) is 10.6 Å². The maximum absolute atomic E-state index is 12.8. The minimum Gasteiger partial charge on any atom is -0.382 e. The van der Waals surface area contributed by atoms with Gasteiger partial charge >= 0.3 is 0 Å². The second kappa shape index (κ2) is 11.4. The summed E-state index contributed by atoms with van der Waals surface area (Å²) in [5.41, 5.74) is 9.46. The average Bonchev–Trinajstić information content (AvgIpc) is 3.30. The summed E-state index contributed by atoms with van der Waals surface area (Å²) in [6, 6.07) is 11.8. The maximum atomic E-state index is 12.8. The van der Waals surface area contributed by atoms with Crippen molar-refractivity contribution in [3.8, 4) is 23.5 Å². The van der Waals surface area contributed by atoms with Crippen molar-refractivity contribution in [1.29, 1.82) is 10.5 Å². The summed E-state index contributed by atoms with van der Waals surface area (Å²) < 4.78 is 1.71. The molecule has 4 N–H and O–H groups in total. The standard InChI is InChI=1S/C26H31N9O2/c1-26(2,3)37-34-33-19-6-4-18(5-7-19)32-22-13-23(30-16-21(22)25(36)29-11-10-27)24-9-8-20-12-17(14-28)15-31-35(20)24/h8-9,12-13,15-16,18-19,33-34H,4-7,11H2,1-3H3,(H,29,36)(H,30,32)/t18-,19-. The summed E-state index contributed by atoms with van der Waals surface area (Å²) in [6.45, 7) is 5.85. The summed E-state index contributed by atoms with van der Waals surface area (Å²) in [5, 5.41) is 28.6. The van der Waals surface area contributed by atoms with Crippen LogP contribution in [-0.2, 0) is 4.84 Å². The fourth-order valence-corrected chi connectivity index (χ4v) is 4.23. The molecule has 1 aliphatic carbocycles. The molecule has 0 spiro atoms. The first-order valence-corrected chi connectivity index (χ1v) is 12.3. The predicted molar refractivity (Wildman–Crippen MR) is 138 cm³/mol. The number of nitrogens with zero attached hydrogens (tertiary/aromatic N) is 5. The molecule has 0 radical (unpaired) electrons. The van der Waals surface area contributed by atoms with E-state index < -0.39 is 0 Å². The normalized spacial score (nSPS) is 17.6. The number of rotatable bonds is 8. The van der Waals surface area contributed by atoms with Crippen molar-refractivity contribution in [2.75, 3.05) is 11.9 Å². The molecule has 3 aromatic rings. The fraction of sp³-hybridized carbons (Fsp3) is 0.423. The SMILES string of the molecule is CC(C)(C)ONN[C@H]1CC[C@H](Nc2cc(-c3ccc4cc(C#N)cnn34)ncc2C(=O)NCC#N)CC1. The minimum atomic E-state index is -0.362. The molecule has 11 heteroatoms. The second-order valence-corrected chi connectivity index (χ2v) is 10.0. The Bertz CT molecular complexity index is 1340. The van der Waals surface area contributed by atoms with Crippen LogP contribution in [0.4, 0.5) is 5.69 Å². The Balaban J connectivity index is 1.52. The van der Waals surface area contributed by atoms with Crippen molar-refractivity contribution in [1.82, 2.24) is 30.9 Å². The molecule has 3 heterocycles. The van der Waals surface area contributed by atoms with E-state index in [4.69, 9.17) is 15.4 Å². The molecule has 0 atom stereocenters. The highest BCUT2D eigenvalue weighted by Gasteiger charge is 2.24. The molecule has 37 heavy (non-hydrogen) atoms. The Morgan fingerprint density at radius 1 is 1.14 bits per heavy atom. The van der Waals surface area contributed by atoms with Gasteiger partial charge in [0.1, 0.15) is 12.6 Å². The highest BCUT2D eigenvalue weighted by Crippen LogP contribution is 2.28. The number of carbonyl (C=O) groups excluding carboxylic acids is 1. The number of nitrogens with one attached hydrogen (secondary N) is 4. The van der Waals surface area contributed by atoms with Crippen LogP contribution in [0.15, 0.2) is 36.7 Å². The van der Waals surface area contributed by atoms with Crippen molar-refractivity contribution in [3.05, 3.63) is 47.8 Å². The van der Waals surface area contributed by atoms with Gasteiger partial charge in [-0.15, -0.1) is 5.59 Å². The number of hydrogen-bond donors (Lipinski definition) is 4. The number of fused-ring (bicyclic) bond motifs is 1. The Morgan fingerprint density at radius 2 is 1.89 bits per heavy atom. The van der Waals surface area contributed by atoms with Crippen LogP contribution in [-0.4, -0.2) is 44.7 Å². The van der Waals surface area contributed by atoms with E-state index in [0.717, 1.165) is 36.9 Å². The van der Waals surface area contributed by atoms with Crippen molar-refractivity contribution in [3.63, 3.8) is 0 Å². The Labute approximate surface area is 215 Å². The van der Waals surface area contributed by atoms with Crippen molar-refractivity contribution in [2.24, 2.45) is 0 Å². The first kappa shape index (κ1) is 26.0. The zero-order valence-corrected chi connectivity index (χ0v) is 21.2. The van der Waals surface area contributed by atoms with Gasteiger partial charge in [0.05, 0.1) is 51.6 Å². The molecule has 1 amide bonds. The van der Waals surface area contributed by atoms with Crippen LogP contribution in [0.3, 0.4) is 0 Å². The van der Waals surface area contributed by atoms with E-state index in [0.29, 0.717) is 22.5 Å². The lowest BCUT2D eigenvalue weighted by molar-refractivity contribution is -0.0990. The van der Waals surface area contributed by atoms with Gasteiger partial charge in [0.15, 0.2) is 0 Å². The van der Waals surface area contributed by atoms with Crippen LogP contribution < -0.4 is 21.6 Å². The first-order valence-electron chi connectivity index (χ1n) is 12.3. The summed E-state index contributed by atoms with van der Waals surface area (Å²) in [4.78, 5) is 22.8. The molecule has 1 fully saturated rings. The average molecular weight is 502 g/mol. The molecule has 0 saturated heterocycles. The fourth-order valence-electron chi connectivity index (χ4n) is 4.23. The van der Waals surface area contributed by atoms with Crippen LogP contribution in [0, 0.1) is 22.7 Å². The quantitative estimate of drug-likeness (QED) is 0.269. The zero-order chi connectivity index (χ0) is 26.4. The van der Waals surface area contributed by atoms with Gasteiger partial charge in [0, 0.05) is 18.3 Å². The molecule has 0 aromatic carbocycles. The van der Waals surface area contributed by atoms with Crippen molar-refractivity contribution in [2.45, 2.75) is 64.1 Å². The molecule has 1 aliphatic rings. The molecule has 11 nitrogen and oxygen atoms in total. The molecule has 0 unspecified atom stereocenters.